The van der Waals surface area contributed by atoms with Gasteiger partial charge in [-0.05, 0) is 43.0 Å². The zero-order chi connectivity index (χ0) is 23.9. The number of thiophene rings is 1. The Morgan fingerprint density at radius 3 is 2.44 bits per heavy atom. The number of carbonyl (C=O) groups is 3. The van der Waals surface area contributed by atoms with Crippen molar-refractivity contribution in [1.82, 2.24) is 14.8 Å². The van der Waals surface area contributed by atoms with Gasteiger partial charge in [-0.2, -0.15) is 13.2 Å². The van der Waals surface area contributed by atoms with Crippen LogP contribution in [-0.2, 0) is 16.1 Å². The zero-order valence-electron chi connectivity index (χ0n) is 17.0. The van der Waals surface area contributed by atoms with Crippen LogP contribution in [0.4, 0.5) is 13.2 Å². The van der Waals surface area contributed by atoms with Gasteiger partial charge in [0.2, 0.25) is 0 Å². The average Bonchev–Trinajstić information content (AvgIpc) is 3.28. The van der Waals surface area contributed by atoms with Crippen molar-refractivity contribution in [2.45, 2.75) is 37.6 Å². The second-order valence-corrected chi connectivity index (χ2v) is 8.04. The number of amides is 1. The lowest BCUT2D eigenvalue weighted by Crippen LogP contribution is -2.54. The van der Waals surface area contributed by atoms with E-state index in [4.69, 9.17) is 9.90 Å². The second-order valence-electron chi connectivity index (χ2n) is 7.09. The molecular formula is C20H22F3N3O5S. The molecule has 2 atom stereocenters. The maximum atomic E-state index is 12.6. The van der Waals surface area contributed by atoms with Crippen molar-refractivity contribution in [1.29, 1.82) is 0 Å². The minimum Gasteiger partial charge on any atom is -0.480 e. The zero-order valence-corrected chi connectivity index (χ0v) is 17.8. The van der Waals surface area contributed by atoms with Crippen LogP contribution in [0.5, 0.6) is 0 Å². The fraction of sp³-hybridized carbons (Fsp3) is 0.400. The highest BCUT2D eigenvalue weighted by molar-refractivity contribution is 7.12. The van der Waals surface area contributed by atoms with Crippen molar-refractivity contribution in [2.24, 2.45) is 0 Å². The molecule has 12 heteroatoms. The number of piperidine rings is 1. The maximum Gasteiger partial charge on any atom is 0.490 e. The summed E-state index contributed by atoms with van der Waals surface area (Å²) in [6.45, 7) is 1.17. The number of carboxylic acids is 2. The van der Waals surface area contributed by atoms with E-state index >= 15 is 0 Å². The van der Waals surface area contributed by atoms with Crippen molar-refractivity contribution in [3.63, 3.8) is 0 Å². The van der Waals surface area contributed by atoms with E-state index in [1.807, 2.05) is 36.8 Å². The van der Waals surface area contributed by atoms with Gasteiger partial charge in [0.05, 0.1) is 4.88 Å². The number of aromatic nitrogens is 1. The number of alkyl halides is 3. The topological polar surface area (TPSA) is 111 Å². The number of rotatable bonds is 5. The molecule has 0 aliphatic carbocycles. The van der Waals surface area contributed by atoms with Crippen LogP contribution in [0.15, 0.2) is 42.0 Å². The Balaban J connectivity index is 0.000000451. The fourth-order valence-corrected chi connectivity index (χ4v) is 3.95. The van der Waals surface area contributed by atoms with Crippen molar-refractivity contribution < 1.29 is 37.8 Å². The minimum absolute atomic E-state index is 0.119. The summed E-state index contributed by atoms with van der Waals surface area (Å²) in [5.74, 6) is -3.88. The molecule has 0 saturated carbocycles. The number of hydrogen-bond acceptors (Lipinski definition) is 6. The summed E-state index contributed by atoms with van der Waals surface area (Å²) < 4.78 is 31.7. The van der Waals surface area contributed by atoms with Gasteiger partial charge in [-0.3, -0.25) is 14.7 Å². The molecule has 2 aromatic heterocycles. The van der Waals surface area contributed by atoms with Gasteiger partial charge in [-0.15, -0.1) is 11.3 Å². The third kappa shape index (κ3) is 7.02. The summed E-state index contributed by atoms with van der Waals surface area (Å²) in [5, 5.41) is 18.6. The van der Waals surface area contributed by atoms with Crippen LogP contribution in [0.1, 0.15) is 28.1 Å². The Hall–Kier alpha value is -2.99. The minimum atomic E-state index is -5.08. The first-order chi connectivity index (χ1) is 15.0. The van der Waals surface area contributed by atoms with Gasteiger partial charge < -0.3 is 15.1 Å². The first-order valence-electron chi connectivity index (χ1n) is 9.47. The number of pyridine rings is 1. The van der Waals surface area contributed by atoms with Gasteiger partial charge in [0.25, 0.3) is 5.91 Å². The van der Waals surface area contributed by atoms with Gasteiger partial charge in [0, 0.05) is 31.5 Å². The molecule has 3 heterocycles. The van der Waals surface area contributed by atoms with E-state index in [1.54, 1.807) is 12.3 Å². The molecule has 2 aromatic rings. The lowest BCUT2D eigenvalue weighted by Gasteiger charge is -2.40. The van der Waals surface area contributed by atoms with Crippen molar-refractivity contribution >= 4 is 29.2 Å². The molecule has 1 aliphatic rings. The van der Waals surface area contributed by atoms with E-state index in [0.717, 1.165) is 12.0 Å². The molecule has 0 bridgehead atoms. The summed E-state index contributed by atoms with van der Waals surface area (Å²) in [4.78, 5) is 41.6. The molecule has 32 heavy (non-hydrogen) atoms. The predicted molar refractivity (Wildman–Crippen MR) is 109 cm³/mol. The van der Waals surface area contributed by atoms with E-state index < -0.39 is 24.2 Å². The molecule has 2 unspecified atom stereocenters. The summed E-state index contributed by atoms with van der Waals surface area (Å²) in [5.41, 5.74) is 1.09. The number of nitrogens with zero attached hydrogens (tertiary/aromatic N) is 3. The molecule has 1 amide bonds. The quantitative estimate of drug-likeness (QED) is 0.687. The van der Waals surface area contributed by atoms with E-state index in [2.05, 4.69) is 9.88 Å². The van der Waals surface area contributed by atoms with Crippen LogP contribution in [0.2, 0.25) is 0 Å². The summed E-state index contributed by atoms with van der Waals surface area (Å²) >= 11 is 1.35. The highest BCUT2D eigenvalue weighted by Gasteiger charge is 2.39. The lowest BCUT2D eigenvalue weighted by molar-refractivity contribution is -0.192. The van der Waals surface area contributed by atoms with Crippen molar-refractivity contribution in [3.05, 3.63) is 52.5 Å². The van der Waals surface area contributed by atoms with Crippen LogP contribution >= 0.6 is 11.3 Å². The van der Waals surface area contributed by atoms with Gasteiger partial charge in [-0.25, -0.2) is 9.59 Å². The van der Waals surface area contributed by atoms with E-state index in [0.29, 0.717) is 24.4 Å². The standard InChI is InChI=1S/C18H21N3O3S.C2HF3O2/c1-20(12-13-4-2-7-19-11-13)14-6-8-21(15(10-14)18(23)24)17(22)16-5-3-9-25-16;3-2(4,5)1(6)7/h2-5,7,9,11,14-15H,6,8,10,12H2,1H3,(H,23,24);(H,6,7). The van der Waals surface area contributed by atoms with E-state index in [-0.39, 0.29) is 11.9 Å². The number of carbonyl (C=O) groups excluding carboxylic acids is 1. The third-order valence-electron chi connectivity index (χ3n) is 4.87. The highest BCUT2D eigenvalue weighted by atomic mass is 32.1. The smallest absolute Gasteiger partial charge is 0.480 e. The number of carboxylic acid groups (broad SMARTS) is 2. The average molecular weight is 473 g/mol. The Bertz CT molecular complexity index is 909. The molecule has 1 saturated heterocycles. The summed E-state index contributed by atoms with van der Waals surface area (Å²) in [6.07, 6.45) is -0.333. The monoisotopic (exact) mass is 473 g/mol. The summed E-state index contributed by atoms with van der Waals surface area (Å²) in [7, 11) is 1.99. The number of aliphatic carboxylic acids is 2. The van der Waals surface area contributed by atoms with Crippen molar-refractivity contribution in [3.8, 4) is 0 Å². The highest BCUT2D eigenvalue weighted by Crippen LogP contribution is 2.25. The molecule has 0 spiro atoms. The number of halogens is 3. The largest absolute Gasteiger partial charge is 0.490 e. The Morgan fingerprint density at radius 2 is 1.94 bits per heavy atom. The van der Waals surface area contributed by atoms with Crippen LogP contribution in [0, 0.1) is 0 Å². The Kier molecular flexibility index (Phi) is 8.72. The van der Waals surface area contributed by atoms with Gasteiger partial charge in [0.15, 0.2) is 0 Å². The lowest BCUT2D eigenvalue weighted by atomic mass is 9.95. The molecular weight excluding hydrogens is 451 g/mol. The SMILES string of the molecule is CN(Cc1cccnc1)C1CCN(C(=O)c2cccs2)C(C(=O)O)C1.O=C(O)C(F)(F)F. The number of hydrogen-bond donors (Lipinski definition) is 2. The molecule has 0 radical (unpaired) electrons. The normalized spacial score (nSPS) is 18.6. The van der Waals surface area contributed by atoms with Gasteiger partial charge >= 0.3 is 18.1 Å². The van der Waals surface area contributed by atoms with Gasteiger partial charge in [0.1, 0.15) is 6.04 Å². The predicted octanol–water partition coefficient (Wildman–Crippen LogP) is 2.97. The van der Waals surface area contributed by atoms with E-state index in [1.165, 1.54) is 16.2 Å². The van der Waals surface area contributed by atoms with Gasteiger partial charge in [-0.1, -0.05) is 12.1 Å². The first-order valence-corrected chi connectivity index (χ1v) is 10.3. The Morgan fingerprint density at radius 1 is 1.25 bits per heavy atom. The fourth-order valence-electron chi connectivity index (χ4n) is 3.27. The first kappa shape index (κ1) is 25.3. The molecule has 8 nitrogen and oxygen atoms in total. The van der Waals surface area contributed by atoms with Crippen LogP contribution in [0.25, 0.3) is 0 Å². The van der Waals surface area contributed by atoms with Crippen LogP contribution < -0.4 is 0 Å². The molecule has 1 fully saturated rings. The molecule has 0 aromatic carbocycles. The van der Waals surface area contributed by atoms with E-state index in [9.17, 15) is 27.9 Å². The number of likely N-dealkylation sites (tertiary alicyclic amines) is 1. The summed E-state index contributed by atoms with van der Waals surface area (Å²) in [6, 6.07) is 6.78. The maximum absolute atomic E-state index is 12.6. The molecule has 1 aliphatic heterocycles. The van der Waals surface area contributed by atoms with Crippen molar-refractivity contribution in [2.75, 3.05) is 13.6 Å². The molecule has 2 N–H and O–H groups in total. The molecule has 174 valence electrons. The third-order valence-corrected chi connectivity index (χ3v) is 5.73. The van der Waals surface area contributed by atoms with Crippen LogP contribution in [0.3, 0.4) is 0 Å². The van der Waals surface area contributed by atoms with Crippen LogP contribution in [-0.4, -0.2) is 74.7 Å². The second kappa shape index (κ2) is 11.0. The molecule has 3 rings (SSSR count). The Labute approximate surface area is 185 Å².